The van der Waals surface area contributed by atoms with E-state index in [1.165, 1.54) is 17.0 Å². The predicted octanol–water partition coefficient (Wildman–Crippen LogP) is -0.599. The lowest BCUT2D eigenvalue weighted by atomic mass is 10.2. The lowest BCUT2D eigenvalue weighted by molar-refractivity contribution is 0.0788. The highest BCUT2D eigenvalue weighted by molar-refractivity contribution is 5.95. The van der Waals surface area contributed by atoms with Gasteiger partial charge in [0.1, 0.15) is 11.4 Å². The smallest absolute Gasteiger partial charge is 0.272 e. The van der Waals surface area contributed by atoms with Gasteiger partial charge >= 0.3 is 0 Å². The van der Waals surface area contributed by atoms with E-state index in [1.807, 2.05) is 0 Å². The Hall–Kier alpha value is -1.95. The van der Waals surface area contributed by atoms with Gasteiger partial charge in [-0.15, -0.1) is 0 Å². The molecule has 17 heavy (non-hydrogen) atoms. The van der Waals surface area contributed by atoms with Crippen molar-refractivity contribution in [1.82, 2.24) is 9.88 Å². The van der Waals surface area contributed by atoms with Crippen molar-refractivity contribution in [3.05, 3.63) is 29.6 Å². The van der Waals surface area contributed by atoms with Crippen molar-refractivity contribution in [2.45, 2.75) is 6.42 Å². The number of primary amides is 1. The van der Waals surface area contributed by atoms with Crippen molar-refractivity contribution in [3.8, 4) is 0 Å². The van der Waals surface area contributed by atoms with Crippen LogP contribution in [0.4, 0.5) is 0 Å². The van der Waals surface area contributed by atoms with Gasteiger partial charge in [0.25, 0.3) is 11.8 Å². The van der Waals surface area contributed by atoms with Gasteiger partial charge in [-0.05, 0) is 25.1 Å². The van der Waals surface area contributed by atoms with E-state index in [4.69, 9.17) is 11.5 Å². The SMILES string of the molecule is CN(CCCN)C(=O)c1cc[c]c(C(N)=O)n1. The Labute approximate surface area is 99.6 Å². The van der Waals surface area contributed by atoms with Gasteiger partial charge in [-0.2, -0.15) is 0 Å². The second kappa shape index (κ2) is 5.95. The molecule has 0 fully saturated rings. The second-order valence-electron chi connectivity index (χ2n) is 3.56. The van der Waals surface area contributed by atoms with E-state index in [-0.39, 0.29) is 17.3 Å². The van der Waals surface area contributed by atoms with Gasteiger partial charge in [-0.1, -0.05) is 0 Å². The molecule has 1 heterocycles. The maximum absolute atomic E-state index is 11.9. The van der Waals surface area contributed by atoms with Gasteiger partial charge in [-0.3, -0.25) is 9.59 Å². The third kappa shape index (κ3) is 3.53. The molecule has 0 aliphatic rings. The lowest BCUT2D eigenvalue weighted by Gasteiger charge is -2.16. The average molecular weight is 235 g/mol. The standard InChI is InChI=1S/C11H15N4O2/c1-15(7-3-6-12)11(17)9-5-2-4-8(14-9)10(13)16/h2,5H,3,6-7,12H2,1H3,(H2,13,16). The van der Waals surface area contributed by atoms with Crippen LogP contribution >= 0.6 is 0 Å². The minimum absolute atomic E-state index is 0.0388. The van der Waals surface area contributed by atoms with Crippen LogP contribution in [0.1, 0.15) is 27.4 Å². The molecule has 0 saturated carbocycles. The Balaban J connectivity index is 2.81. The molecule has 0 saturated heterocycles. The quantitative estimate of drug-likeness (QED) is 0.711. The molecule has 6 nitrogen and oxygen atoms in total. The van der Waals surface area contributed by atoms with Gasteiger partial charge in [-0.25, -0.2) is 4.98 Å². The van der Waals surface area contributed by atoms with Crippen molar-refractivity contribution >= 4 is 11.8 Å². The molecule has 91 valence electrons. The minimum Gasteiger partial charge on any atom is -0.364 e. The van der Waals surface area contributed by atoms with Gasteiger partial charge in [0, 0.05) is 19.7 Å². The fraction of sp³-hybridized carbons (Fsp3) is 0.364. The first-order chi connectivity index (χ1) is 8.06. The highest BCUT2D eigenvalue weighted by Crippen LogP contribution is 2.02. The number of carbonyl (C=O) groups excluding carboxylic acids is 2. The van der Waals surface area contributed by atoms with Gasteiger partial charge in [0.2, 0.25) is 0 Å². The summed E-state index contributed by atoms with van der Waals surface area (Å²) in [6, 6.07) is 5.52. The number of amides is 2. The molecule has 2 amide bonds. The lowest BCUT2D eigenvalue weighted by Crippen LogP contribution is -2.30. The molecule has 1 radical (unpaired) electrons. The topological polar surface area (TPSA) is 102 Å². The Kier molecular flexibility index (Phi) is 4.59. The molecule has 0 spiro atoms. The van der Waals surface area contributed by atoms with Crippen molar-refractivity contribution < 1.29 is 9.59 Å². The summed E-state index contributed by atoms with van der Waals surface area (Å²) in [5.41, 5.74) is 10.6. The molecule has 0 bridgehead atoms. The second-order valence-corrected chi connectivity index (χ2v) is 3.56. The third-order valence-electron chi connectivity index (χ3n) is 2.19. The Morgan fingerprint density at radius 2 is 2.24 bits per heavy atom. The maximum Gasteiger partial charge on any atom is 0.272 e. The molecule has 1 aromatic rings. The van der Waals surface area contributed by atoms with E-state index in [0.29, 0.717) is 19.5 Å². The number of nitrogens with two attached hydrogens (primary N) is 2. The van der Waals surface area contributed by atoms with Crippen LogP contribution in [0.15, 0.2) is 12.1 Å². The first-order valence-corrected chi connectivity index (χ1v) is 5.20. The monoisotopic (exact) mass is 235 g/mol. The number of rotatable bonds is 5. The van der Waals surface area contributed by atoms with E-state index in [1.54, 1.807) is 7.05 Å². The van der Waals surface area contributed by atoms with Crippen LogP contribution in [-0.2, 0) is 0 Å². The summed E-state index contributed by atoms with van der Waals surface area (Å²) in [4.78, 5) is 28.1. The zero-order valence-electron chi connectivity index (χ0n) is 9.64. The van der Waals surface area contributed by atoms with Crippen LogP contribution in [0.2, 0.25) is 0 Å². The first-order valence-electron chi connectivity index (χ1n) is 5.20. The van der Waals surface area contributed by atoms with E-state index in [0.717, 1.165) is 0 Å². The van der Waals surface area contributed by atoms with Crippen molar-refractivity contribution in [3.63, 3.8) is 0 Å². The van der Waals surface area contributed by atoms with Crippen LogP contribution in [0.25, 0.3) is 0 Å². The van der Waals surface area contributed by atoms with Crippen LogP contribution < -0.4 is 11.5 Å². The molecular formula is C11H15N4O2. The van der Waals surface area contributed by atoms with Gasteiger partial charge in [0.15, 0.2) is 0 Å². The summed E-state index contributed by atoms with van der Waals surface area (Å²) >= 11 is 0. The normalized spacial score (nSPS) is 10.0. The number of nitrogens with zero attached hydrogens (tertiary/aromatic N) is 2. The molecule has 0 aromatic carbocycles. The van der Waals surface area contributed by atoms with E-state index in [2.05, 4.69) is 11.1 Å². The van der Waals surface area contributed by atoms with E-state index in [9.17, 15) is 9.59 Å². The molecule has 1 aromatic heterocycles. The highest BCUT2D eigenvalue weighted by atomic mass is 16.2. The number of hydrogen-bond acceptors (Lipinski definition) is 4. The number of carbonyl (C=O) groups is 2. The number of aromatic nitrogens is 1. The predicted molar refractivity (Wildman–Crippen MR) is 62.2 cm³/mol. The van der Waals surface area contributed by atoms with Crippen LogP contribution in [-0.4, -0.2) is 41.8 Å². The zero-order chi connectivity index (χ0) is 12.8. The molecule has 0 atom stereocenters. The molecule has 4 N–H and O–H groups in total. The maximum atomic E-state index is 11.9. The Bertz CT molecular complexity index is 420. The summed E-state index contributed by atoms with van der Waals surface area (Å²) in [6.45, 7) is 1.06. The average Bonchev–Trinajstić information content (AvgIpc) is 2.35. The Morgan fingerprint density at radius 3 is 2.82 bits per heavy atom. The molecule has 0 aliphatic heterocycles. The van der Waals surface area contributed by atoms with Crippen molar-refractivity contribution in [1.29, 1.82) is 0 Å². The van der Waals surface area contributed by atoms with Crippen LogP contribution in [0.3, 0.4) is 0 Å². The zero-order valence-corrected chi connectivity index (χ0v) is 9.64. The fourth-order valence-corrected chi connectivity index (χ4v) is 1.26. The highest BCUT2D eigenvalue weighted by Gasteiger charge is 2.14. The van der Waals surface area contributed by atoms with Crippen LogP contribution in [0.5, 0.6) is 0 Å². The summed E-state index contributed by atoms with van der Waals surface area (Å²) in [5, 5.41) is 0. The van der Waals surface area contributed by atoms with E-state index < -0.39 is 5.91 Å². The van der Waals surface area contributed by atoms with E-state index >= 15 is 0 Å². The summed E-state index contributed by atoms with van der Waals surface area (Å²) in [5.74, 6) is -0.973. The Morgan fingerprint density at radius 1 is 1.53 bits per heavy atom. The summed E-state index contributed by atoms with van der Waals surface area (Å²) < 4.78 is 0. The summed E-state index contributed by atoms with van der Waals surface area (Å²) in [6.07, 6.45) is 0.712. The third-order valence-corrected chi connectivity index (χ3v) is 2.19. The fourth-order valence-electron chi connectivity index (χ4n) is 1.26. The molecule has 6 heteroatoms. The molecule has 0 aliphatic carbocycles. The van der Waals surface area contributed by atoms with Crippen molar-refractivity contribution in [2.75, 3.05) is 20.1 Å². The molecular weight excluding hydrogens is 220 g/mol. The van der Waals surface area contributed by atoms with Gasteiger partial charge < -0.3 is 16.4 Å². The first kappa shape index (κ1) is 13.1. The van der Waals surface area contributed by atoms with Crippen LogP contribution in [0, 0.1) is 6.07 Å². The van der Waals surface area contributed by atoms with Crippen molar-refractivity contribution in [2.24, 2.45) is 11.5 Å². The molecule has 0 unspecified atom stereocenters. The number of pyridine rings is 1. The summed E-state index contributed by atoms with van der Waals surface area (Å²) in [7, 11) is 1.65. The minimum atomic E-state index is -0.704. The van der Waals surface area contributed by atoms with Gasteiger partial charge in [0.05, 0.1) is 0 Å². The molecule has 1 rings (SSSR count). The number of hydrogen-bond donors (Lipinski definition) is 2. The largest absolute Gasteiger partial charge is 0.364 e.